The SMILES string of the molecule is O=C(Nc1ccc2c(c1)N(C(=O)c1cccs1)CC2)c1cc(-c2ccco2)on1. The fourth-order valence-electron chi connectivity index (χ4n) is 3.31. The Morgan fingerprint density at radius 1 is 1.10 bits per heavy atom. The summed E-state index contributed by atoms with van der Waals surface area (Å²) in [7, 11) is 0. The summed E-state index contributed by atoms with van der Waals surface area (Å²) in [5, 5.41) is 8.51. The molecule has 4 aromatic rings. The van der Waals surface area contributed by atoms with Gasteiger partial charge in [0, 0.05) is 24.0 Å². The van der Waals surface area contributed by atoms with Crippen molar-refractivity contribution < 1.29 is 18.5 Å². The number of amides is 2. The van der Waals surface area contributed by atoms with Crippen molar-refractivity contribution in [3.05, 3.63) is 76.3 Å². The number of benzene rings is 1. The molecule has 1 aliphatic rings. The van der Waals surface area contributed by atoms with Gasteiger partial charge < -0.3 is 19.2 Å². The Hall–Kier alpha value is -3.65. The van der Waals surface area contributed by atoms with E-state index < -0.39 is 5.91 Å². The Bertz CT molecular complexity index is 1180. The fourth-order valence-corrected chi connectivity index (χ4v) is 3.99. The van der Waals surface area contributed by atoms with Crippen LogP contribution in [-0.2, 0) is 6.42 Å². The number of hydrogen-bond acceptors (Lipinski definition) is 6. The van der Waals surface area contributed by atoms with Crippen LogP contribution in [-0.4, -0.2) is 23.5 Å². The molecule has 7 nitrogen and oxygen atoms in total. The zero-order valence-electron chi connectivity index (χ0n) is 15.1. The van der Waals surface area contributed by atoms with Crippen LogP contribution in [0, 0.1) is 0 Å². The van der Waals surface area contributed by atoms with Crippen LogP contribution in [0.4, 0.5) is 11.4 Å². The summed E-state index contributed by atoms with van der Waals surface area (Å²) in [5.41, 5.74) is 2.62. The molecule has 1 aromatic carbocycles. The maximum atomic E-state index is 12.8. The van der Waals surface area contributed by atoms with Crippen LogP contribution < -0.4 is 10.2 Å². The molecule has 0 bridgehead atoms. The summed E-state index contributed by atoms with van der Waals surface area (Å²) in [6.45, 7) is 0.624. The molecule has 29 heavy (non-hydrogen) atoms. The van der Waals surface area contributed by atoms with Gasteiger partial charge in [-0.3, -0.25) is 9.59 Å². The number of rotatable bonds is 4. The molecule has 1 aliphatic heterocycles. The van der Waals surface area contributed by atoms with Gasteiger partial charge in [0.05, 0.1) is 11.1 Å². The zero-order valence-corrected chi connectivity index (χ0v) is 15.9. The molecule has 5 rings (SSSR count). The minimum Gasteiger partial charge on any atom is -0.461 e. The molecule has 0 aliphatic carbocycles. The van der Waals surface area contributed by atoms with Crippen LogP contribution in [0.25, 0.3) is 11.5 Å². The molecule has 2 amide bonds. The van der Waals surface area contributed by atoms with Gasteiger partial charge in [-0.05, 0) is 47.7 Å². The van der Waals surface area contributed by atoms with E-state index in [9.17, 15) is 9.59 Å². The van der Waals surface area contributed by atoms with E-state index in [1.54, 1.807) is 17.0 Å². The van der Waals surface area contributed by atoms with E-state index >= 15 is 0 Å². The summed E-state index contributed by atoms with van der Waals surface area (Å²) in [4.78, 5) is 27.8. The number of nitrogens with zero attached hydrogens (tertiary/aromatic N) is 2. The highest BCUT2D eigenvalue weighted by atomic mass is 32.1. The molecule has 3 aromatic heterocycles. The van der Waals surface area contributed by atoms with Crippen molar-refractivity contribution in [2.24, 2.45) is 0 Å². The maximum absolute atomic E-state index is 12.8. The van der Waals surface area contributed by atoms with Gasteiger partial charge in [-0.2, -0.15) is 0 Å². The van der Waals surface area contributed by atoms with Gasteiger partial charge >= 0.3 is 0 Å². The van der Waals surface area contributed by atoms with Crippen LogP contribution in [0.5, 0.6) is 0 Å². The van der Waals surface area contributed by atoms with Gasteiger partial charge in [-0.25, -0.2) is 0 Å². The van der Waals surface area contributed by atoms with Gasteiger partial charge in [0.2, 0.25) is 5.76 Å². The zero-order chi connectivity index (χ0) is 19.8. The van der Waals surface area contributed by atoms with Crippen molar-refractivity contribution in [1.29, 1.82) is 0 Å². The largest absolute Gasteiger partial charge is 0.461 e. The third-order valence-electron chi connectivity index (χ3n) is 4.72. The number of carbonyl (C=O) groups excluding carboxylic acids is 2. The standard InChI is InChI=1S/C21H15N3O4S/c25-20(15-12-18(28-23-15)17-3-1-9-27-17)22-14-6-5-13-7-8-24(16(13)11-14)21(26)19-4-2-10-29-19/h1-6,9-12H,7-8H2,(H,22,25). The van der Waals surface area contributed by atoms with Crippen LogP contribution in [0.15, 0.2) is 69.1 Å². The average molecular weight is 405 g/mol. The lowest BCUT2D eigenvalue weighted by Crippen LogP contribution is -2.28. The van der Waals surface area contributed by atoms with Crippen molar-refractivity contribution in [2.75, 3.05) is 16.8 Å². The second-order valence-electron chi connectivity index (χ2n) is 6.54. The second kappa shape index (κ2) is 7.06. The van der Waals surface area contributed by atoms with E-state index in [0.29, 0.717) is 28.6 Å². The number of fused-ring (bicyclic) bond motifs is 1. The highest BCUT2D eigenvalue weighted by Crippen LogP contribution is 2.33. The van der Waals surface area contributed by atoms with E-state index in [1.807, 2.05) is 35.7 Å². The highest BCUT2D eigenvalue weighted by Gasteiger charge is 2.26. The molecule has 0 spiro atoms. The molecule has 0 radical (unpaired) electrons. The smallest absolute Gasteiger partial charge is 0.277 e. The number of thiophene rings is 1. The van der Waals surface area contributed by atoms with Crippen molar-refractivity contribution in [3.63, 3.8) is 0 Å². The number of furan rings is 1. The lowest BCUT2D eigenvalue weighted by Gasteiger charge is -2.17. The van der Waals surface area contributed by atoms with Gasteiger partial charge in [0.25, 0.3) is 11.8 Å². The summed E-state index contributed by atoms with van der Waals surface area (Å²) >= 11 is 1.42. The van der Waals surface area contributed by atoms with Crippen molar-refractivity contribution in [2.45, 2.75) is 6.42 Å². The normalized spacial score (nSPS) is 12.8. The molecule has 8 heteroatoms. The first kappa shape index (κ1) is 17.4. The molecule has 4 heterocycles. The third-order valence-corrected chi connectivity index (χ3v) is 5.58. The quantitative estimate of drug-likeness (QED) is 0.542. The first-order valence-electron chi connectivity index (χ1n) is 8.99. The van der Waals surface area contributed by atoms with Crippen molar-refractivity contribution in [1.82, 2.24) is 5.16 Å². The molecular weight excluding hydrogens is 390 g/mol. The van der Waals surface area contributed by atoms with E-state index in [0.717, 1.165) is 17.7 Å². The first-order valence-corrected chi connectivity index (χ1v) is 9.87. The van der Waals surface area contributed by atoms with E-state index in [4.69, 9.17) is 8.94 Å². The Morgan fingerprint density at radius 3 is 2.83 bits per heavy atom. The van der Waals surface area contributed by atoms with Crippen LogP contribution >= 0.6 is 11.3 Å². The van der Waals surface area contributed by atoms with Crippen molar-refractivity contribution >= 4 is 34.5 Å². The third kappa shape index (κ3) is 3.23. The number of hydrogen-bond donors (Lipinski definition) is 1. The predicted octanol–water partition coefficient (Wildman–Crippen LogP) is 4.45. The van der Waals surface area contributed by atoms with Gasteiger partial charge in [0.15, 0.2) is 11.5 Å². The molecule has 0 atom stereocenters. The molecule has 0 saturated carbocycles. The highest BCUT2D eigenvalue weighted by molar-refractivity contribution is 7.12. The summed E-state index contributed by atoms with van der Waals surface area (Å²) in [5.74, 6) is 0.445. The second-order valence-corrected chi connectivity index (χ2v) is 7.48. The van der Waals surface area contributed by atoms with Gasteiger partial charge in [0.1, 0.15) is 0 Å². The molecular formula is C21H15N3O4S. The molecule has 144 valence electrons. The number of anilines is 2. The van der Waals surface area contributed by atoms with E-state index in [1.165, 1.54) is 23.7 Å². The lowest BCUT2D eigenvalue weighted by atomic mass is 10.1. The van der Waals surface area contributed by atoms with Gasteiger partial charge in [-0.1, -0.05) is 17.3 Å². The minimum absolute atomic E-state index is 0.0261. The number of nitrogens with one attached hydrogen (secondary N) is 1. The van der Waals surface area contributed by atoms with Crippen LogP contribution in [0.3, 0.4) is 0 Å². The average Bonchev–Trinajstić information content (AvgIpc) is 3.54. The van der Waals surface area contributed by atoms with E-state index in [-0.39, 0.29) is 11.6 Å². The summed E-state index contributed by atoms with van der Waals surface area (Å²) < 4.78 is 10.4. The Kier molecular flexibility index (Phi) is 4.25. The summed E-state index contributed by atoms with van der Waals surface area (Å²) in [6.07, 6.45) is 2.31. The topological polar surface area (TPSA) is 88.6 Å². The predicted molar refractivity (Wildman–Crippen MR) is 108 cm³/mol. The van der Waals surface area contributed by atoms with Crippen LogP contribution in [0.2, 0.25) is 0 Å². The number of carbonyl (C=O) groups is 2. The Balaban J connectivity index is 1.36. The first-order chi connectivity index (χ1) is 14.2. The van der Waals surface area contributed by atoms with Crippen LogP contribution in [0.1, 0.15) is 25.7 Å². The van der Waals surface area contributed by atoms with Crippen molar-refractivity contribution in [3.8, 4) is 11.5 Å². The Morgan fingerprint density at radius 2 is 2.03 bits per heavy atom. The maximum Gasteiger partial charge on any atom is 0.277 e. The van der Waals surface area contributed by atoms with Gasteiger partial charge in [-0.15, -0.1) is 11.3 Å². The molecule has 0 unspecified atom stereocenters. The lowest BCUT2D eigenvalue weighted by molar-refractivity contribution is 0.0991. The molecule has 1 N–H and O–H groups in total. The number of aromatic nitrogens is 1. The minimum atomic E-state index is -0.402. The summed E-state index contributed by atoms with van der Waals surface area (Å²) in [6, 6.07) is 14.2. The fraction of sp³-hybridized carbons (Fsp3) is 0.0952. The molecule has 0 fully saturated rings. The Labute approximate surface area is 169 Å². The monoisotopic (exact) mass is 405 g/mol. The molecule has 0 saturated heterocycles. The van der Waals surface area contributed by atoms with E-state index in [2.05, 4.69) is 10.5 Å².